The second kappa shape index (κ2) is 6.95. The zero-order valence-corrected chi connectivity index (χ0v) is 12.9. The zero-order chi connectivity index (χ0) is 16.1. The second-order valence-electron chi connectivity index (χ2n) is 3.83. The number of nitrogens with two attached hydrogens (primary N) is 2. The van der Waals surface area contributed by atoms with E-state index < -0.39 is 11.9 Å². The van der Waals surface area contributed by atoms with Crippen molar-refractivity contribution in [2.75, 3.05) is 18.6 Å². The summed E-state index contributed by atoms with van der Waals surface area (Å²) in [5.74, 6) is -0.674. The number of nitrogen functional groups attached to an aromatic ring is 2. The lowest BCUT2D eigenvalue weighted by molar-refractivity contribution is -0.115. The average molecular weight is 339 g/mol. The Hall–Kier alpha value is -2.53. The molecule has 2 heterocycles. The third-order valence-corrected chi connectivity index (χ3v) is 3.76. The molecule has 1 amide bonds. The number of amides is 1. The third-order valence-electron chi connectivity index (χ3n) is 2.39. The summed E-state index contributed by atoms with van der Waals surface area (Å²) in [5, 5.41) is 9.70. The van der Waals surface area contributed by atoms with E-state index in [1.165, 1.54) is 7.11 Å². The van der Waals surface area contributed by atoms with Gasteiger partial charge in [-0.3, -0.25) is 9.59 Å². The molecule has 1 atom stereocenters. The van der Waals surface area contributed by atoms with Gasteiger partial charge in [0, 0.05) is 10.8 Å². The molecule has 0 aliphatic heterocycles. The summed E-state index contributed by atoms with van der Waals surface area (Å²) in [7, 11) is 1.29. The summed E-state index contributed by atoms with van der Waals surface area (Å²) in [6.07, 6.45) is 1.68. The molecule has 0 aliphatic carbocycles. The number of carbonyl (C=O) groups excluding carboxylic acids is 2. The molecule has 0 spiro atoms. The maximum absolute atomic E-state index is 12.3. The Bertz CT molecular complexity index is 710. The predicted octanol–water partition coefficient (Wildman–Crippen LogP) is 0.0817. The van der Waals surface area contributed by atoms with Crippen LogP contribution in [0.15, 0.2) is 15.9 Å². The lowest BCUT2D eigenvalue weighted by Crippen LogP contribution is -2.36. The molecule has 0 aromatic carbocycles. The highest BCUT2D eigenvalue weighted by molar-refractivity contribution is 7.14. The average Bonchev–Trinajstić information content (AvgIpc) is 3.10. The molecule has 9 nitrogen and oxygen atoms in total. The van der Waals surface area contributed by atoms with E-state index in [4.69, 9.17) is 11.5 Å². The van der Waals surface area contributed by atoms with Gasteiger partial charge >= 0.3 is 0 Å². The molecule has 5 N–H and O–H groups in total. The van der Waals surface area contributed by atoms with Crippen LogP contribution in [0.25, 0.3) is 0 Å². The van der Waals surface area contributed by atoms with Crippen LogP contribution in [0.5, 0.6) is 0 Å². The van der Waals surface area contributed by atoms with Crippen LogP contribution in [0.3, 0.4) is 0 Å². The first-order valence-corrected chi connectivity index (χ1v) is 7.53. The predicted molar refractivity (Wildman–Crippen MR) is 83.2 cm³/mol. The SMILES string of the molecule is CO/N=C(\C(=O)NC([C]=O)c1csc(N)n1)c1csc(N)n1. The van der Waals surface area contributed by atoms with Crippen molar-refractivity contribution >= 4 is 50.8 Å². The van der Waals surface area contributed by atoms with Crippen LogP contribution in [0.1, 0.15) is 17.4 Å². The van der Waals surface area contributed by atoms with E-state index >= 15 is 0 Å². The van der Waals surface area contributed by atoms with Crippen LogP contribution in [-0.4, -0.2) is 35.0 Å². The van der Waals surface area contributed by atoms with E-state index in [1.807, 2.05) is 0 Å². The molecule has 11 heteroatoms. The van der Waals surface area contributed by atoms with E-state index in [0.717, 1.165) is 22.7 Å². The summed E-state index contributed by atoms with van der Waals surface area (Å²) >= 11 is 2.29. The molecule has 22 heavy (non-hydrogen) atoms. The summed E-state index contributed by atoms with van der Waals surface area (Å²) in [5.41, 5.74) is 11.5. The van der Waals surface area contributed by atoms with E-state index in [1.54, 1.807) is 17.0 Å². The molecule has 1 radical (unpaired) electrons. The largest absolute Gasteiger partial charge is 0.398 e. The first-order valence-electron chi connectivity index (χ1n) is 5.77. The number of aromatic nitrogens is 2. The number of oxime groups is 1. The number of thiazole rings is 2. The molecule has 115 valence electrons. The van der Waals surface area contributed by atoms with Crippen molar-refractivity contribution in [3.63, 3.8) is 0 Å². The number of nitrogens with one attached hydrogen (secondary N) is 1. The molecule has 2 rings (SSSR count). The minimum absolute atomic E-state index is 0.112. The fourth-order valence-electron chi connectivity index (χ4n) is 1.49. The summed E-state index contributed by atoms with van der Waals surface area (Å²) in [6, 6.07) is -1.07. The molecule has 0 aliphatic rings. The van der Waals surface area contributed by atoms with Crippen LogP contribution in [0.2, 0.25) is 0 Å². The number of hydrogen-bond acceptors (Lipinski definition) is 10. The van der Waals surface area contributed by atoms with Crippen LogP contribution in [-0.2, 0) is 14.4 Å². The van der Waals surface area contributed by atoms with E-state index in [2.05, 4.69) is 25.3 Å². The summed E-state index contributed by atoms with van der Waals surface area (Å²) < 4.78 is 0. The van der Waals surface area contributed by atoms with Crippen LogP contribution >= 0.6 is 22.7 Å². The van der Waals surface area contributed by atoms with E-state index in [0.29, 0.717) is 5.69 Å². The number of nitrogens with zero attached hydrogens (tertiary/aromatic N) is 3. The smallest absolute Gasteiger partial charge is 0.276 e. The molecular weight excluding hydrogens is 328 g/mol. The molecule has 0 bridgehead atoms. The fraction of sp³-hybridized carbons (Fsp3) is 0.182. The number of carbonyl (C=O) groups is 1. The Morgan fingerprint density at radius 2 is 2.05 bits per heavy atom. The van der Waals surface area contributed by atoms with Crippen molar-refractivity contribution in [2.45, 2.75) is 6.04 Å². The maximum atomic E-state index is 12.3. The lowest BCUT2D eigenvalue weighted by atomic mass is 10.2. The van der Waals surface area contributed by atoms with Gasteiger partial charge in [-0.15, -0.1) is 22.7 Å². The minimum atomic E-state index is -1.07. The molecule has 2 aromatic heterocycles. The first-order chi connectivity index (χ1) is 10.5. The highest BCUT2D eigenvalue weighted by atomic mass is 32.1. The lowest BCUT2D eigenvalue weighted by Gasteiger charge is -2.10. The standard InChI is InChI=1S/C11H11N6O3S2/c1-20-17-8(7-4-22-11(13)16-7)9(19)14-5(2-18)6-3-21-10(12)15-6/h3-5H,1H3,(H2,12,15)(H2,13,16)(H,14,19)/b17-8-. The Morgan fingerprint density at radius 3 is 2.55 bits per heavy atom. The molecule has 2 aromatic rings. The van der Waals surface area contributed by atoms with Gasteiger partial charge in [-0.1, -0.05) is 5.16 Å². The molecular formula is C11H11N6O3S2. The normalized spacial score (nSPS) is 12.7. The molecule has 0 saturated heterocycles. The van der Waals surface area contributed by atoms with Gasteiger partial charge in [-0.05, 0) is 0 Å². The van der Waals surface area contributed by atoms with Crippen molar-refractivity contribution in [2.24, 2.45) is 5.16 Å². The maximum Gasteiger partial charge on any atom is 0.276 e. The number of rotatable bonds is 6. The van der Waals surface area contributed by atoms with Gasteiger partial charge < -0.3 is 21.6 Å². The number of anilines is 2. The molecule has 1 unspecified atom stereocenters. The zero-order valence-electron chi connectivity index (χ0n) is 11.3. The van der Waals surface area contributed by atoms with Gasteiger partial charge in [-0.2, -0.15) is 0 Å². The van der Waals surface area contributed by atoms with Gasteiger partial charge in [0.1, 0.15) is 18.8 Å². The van der Waals surface area contributed by atoms with Crippen LogP contribution < -0.4 is 16.8 Å². The Kier molecular flexibility index (Phi) is 5.01. The Labute approximate surface area is 133 Å². The first kappa shape index (κ1) is 15.9. The van der Waals surface area contributed by atoms with Crippen molar-refractivity contribution in [3.05, 3.63) is 22.1 Å². The van der Waals surface area contributed by atoms with Crippen molar-refractivity contribution in [1.29, 1.82) is 0 Å². The van der Waals surface area contributed by atoms with Crippen molar-refractivity contribution < 1.29 is 14.4 Å². The monoisotopic (exact) mass is 339 g/mol. The highest BCUT2D eigenvalue weighted by Crippen LogP contribution is 2.18. The van der Waals surface area contributed by atoms with Gasteiger partial charge in [0.2, 0.25) is 6.29 Å². The second-order valence-corrected chi connectivity index (χ2v) is 5.61. The fourth-order valence-corrected chi connectivity index (χ4v) is 2.62. The summed E-state index contributed by atoms with van der Waals surface area (Å²) in [4.78, 5) is 35.8. The van der Waals surface area contributed by atoms with E-state index in [9.17, 15) is 9.59 Å². The van der Waals surface area contributed by atoms with Crippen LogP contribution in [0.4, 0.5) is 10.3 Å². The topological polar surface area (TPSA) is 146 Å². The minimum Gasteiger partial charge on any atom is -0.398 e. The van der Waals surface area contributed by atoms with Gasteiger partial charge in [-0.25, -0.2) is 9.97 Å². The third kappa shape index (κ3) is 3.56. The summed E-state index contributed by atoms with van der Waals surface area (Å²) in [6.45, 7) is 0. The highest BCUT2D eigenvalue weighted by Gasteiger charge is 2.24. The van der Waals surface area contributed by atoms with Gasteiger partial charge in [0.05, 0.1) is 5.69 Å². The Balaban J connectivity index is 2.20. The number of hydrogen-bond donors (Lipinski definition) is 3. The quantitative estimate of drug-likeness (QED) is 0.499. The van der Waals surface area contributed by atoms with Gasteiger partial charge in [0.15, 0.2) is 16.0 Å². The van der Waals surface area contributed by atoms with E-state index in [-0.39, 0.29) is 21.7 Å². The molecule has 0 fully saturated rings. The Morgan fingerprint density at radius 1 is 1.36 bits per heavy atom. The van der Waals surface area contributed by atoms with Gasteiger partial charge in [0.25, 0.3) is 5.91 Å². The van der Waals surface area contributed by atoms with Crippen molar-refractivity contribution in [1.82, 2.24) is 15.3 Å². The van der Waals surface area contributed by atoms with Crippen molar-refractivity contribution in [3.8, 4) is 0 Å². The molecule has 0 saturated carbocycles. The van der Waals surface area contributed by atoms with Crippen LogP contribution in [0, 0.1) is 0 Å².